The lowest BCUT2D eigenvalue weighted by Gasteiger charge is -2.37. The Hall–Kier alpha value is -0.160. The van der Waals surface area contributed by atoms with Gasteiger partial charge in [-0.1, -0.05) is 13.8 Å². The Morgan fingerprint density at radius 2 is 2.31 bits per heavy atom. The molecule has 0 aliphatic carbocycles. The minimum Gasteiger partial charge on any atom is -0.383 e. The highest BCUT2D eigenvalue weighted by Crippen LogP contribution is 2.11. The smallest absolute Gasteiger partial charge is 0.0700 e. The van der Waals surface area contributed by atoms with Crippen LogP contribution in [0.5, 0.6) is 0 Å². The standard InChI is InChI=1S/C12H26N2O2/c1-4-12-9-14(6-7-16-12)11(10-15-3)8-13-5-2/h11-13H,4-10H2,1-3H3. The van der Waals surface area contributed by atoms with Crippen LogP contribution in [0.1, 0.15) is 20.3 Å². The number of nitrogens with one attached hydrogen (secondary N) is 1. The first kappa shape index (κ1) is 13.9. The van der Waals surface area contributed by atoms with Gasteiger partial charge in [0, 0.05) is 32.8 Å². The van der Waals surface area contributed by atoms with Crippen LogP contribution in [0.3, 0.4) is 0 Å². The van der Waals surface area contributed by atoms with Crippen LogP contribution in [0.15, 0.2) is 0 Å². The highest BCUT2D eigenvalue weighted by Gasteiger charge is 2.25. The number of methoxy groups -OCH3 is 1. The van der Waals surface area contributed by atoms with Crippen LogP contribution < -0.4 is 5.32 Å². The molecule has 0 aromatic heterocycles. The molecule has 96 valence electrons. The average Bonchev–Trinajstić information content (AvgIpc) is 2.34. The Kier molecular flexibility index (Phi) is 6.96. The Bertz CT molecular complexity index is 176. The second-order valence-electron chi connectivity index (χ2n) is 4.31. The van der Waals surface area contributed by atoms with E-state index in [2.05, 4.69) is 24.1 Å². The van der Waals surface area contributed by atoms with E-state index in [-0.39, 0.29) is 0 Å². The Morgan fingerprint density at radius 3 is 2.94 bits per heavy atom. The van der Waals surface area contributed by atoms with Crippen molar-refractivity contribution in [2.75, 3.05) is 46.5 Å². The third kappa shape index (κ3) is 4.37. The van der Waals surface area contributed by atoms with Crippen molar-refractivity contribution >= 4 is 0 Å². The molecule has 1 aliphatic rings. The van der Waals surface area contributed by atoms with Crippen LogP contribution in [-0.2, 0) is 9.47 Å². The number of nitrogens with zero attached hydrogens (tertiary/aromatic N) is 1. The SMILES string of the molecule is CCNCC(COC)N1CCOC(CC)C1. The lowest BCUT2D eigenvalue weighted by Crippen LogP contribution is -2.52. The van der Waals surface area contributed by atoms with E-state index in [0.29, 0.717) is 12.1 Å². The molecule has 16 heavy (non-hydrogen) atoms. The number of ether oxygens (including phenoxy) is 2. The molecule has 0 bridgehead atoms. The lowest BCUT2D eigenvalue weighted by molar-refractivity contribution is -0.0540. The van der Waals surface area contributed by atoms with Crippen LogP contribution in [0.25, 0.3) is 0 Å². The maximum atomic E-state index is 5.69. The van der Waals surface area contributed by atoms with Gasteiger partial charge in [-0.15, -0.1) is 0 Å². The fourth-order valence-electron chi connectivity index (χ4n) is 2.12. The van der Waals surface area contributed by atoms with Gasteiger partial charge in [0.15, 0.2) is 0 Å². The topological polar surface area (TPSA) is 33.7 Å². The number of hydrogen-bond acceptors (Lipinski definition) is 4. The van der Waals surface area contributed by atoms with Gasteiger partial charge in [-0.25, -0.2) is 0 Å². The Balaban J connectivity index is 2.41. The minimum absolute atomic E-state index is 0.398. The van der Waals surface area contributed by atoms with E-state index >= 15 is 0 Å². The molecule has 0 radical (unpaired) electrons. The molecular weight excluding hydrogens is 204 g/mol. The molecule has 0 aromatic rings. The second kappa shape index (κ2) is 8.01. The number of rotatable bonds is 7. The molecule has 2 atom stereocenters. The molecule has 0 amide bonds. The van der Waals surface area contributed by atoms with Crippen molar-refractivity contribution in [1.82, 2.24) is 10.2 Å². The van der Waals surface area contributed by atoms with Gasteiger partial charge in [0.05, 0.1) is 19.3 Å². The third-order valence-corrected chi connectivity index (χ3v) is 3.13. The van der Waals surface area contributed by atoms with Crippen molar-refractivity contribution < 1.29 is 9.47 Å². The number of likely N-dealkylation sites (N-methyl/N-ethyl adjacent to an activating group) is 1. The summed E-state index contributed by atoms with van der Waals surface area (Å²) in [6.07, 6.45) is 1.49. The van der Waals surface area contributed by atoms with E-state index < -0.39 is 0 Å². The molecule has 1 aliphatic heterocycles. The summed E-state index contributed by atoms with van der Waals surface area (Å²) in [5.74, 6) is 0. The van der Waals surface area contributed by atoms with E-state index in [0.717, 1.165) is 45.8 Å². The van der Waals surface area contributed by atoms with Crippen molar-refractivity contribution in [3.8, 4) is 0 Å². The molecule has 1 fully saturated rings. The van der Waals surface area contributed by atoms with Gasteiger partial charge in [0.1, 0.15) is 0 Å². The zero-order chi connectivity index (χ0) is 11.8. The summed E-state index contributed by atoms with van der Waals surface area (Å²) in [5, 5.41) is 3.40. The molecule has 0 aromatic carbocycles. The largest absolute Gasteiger partial charge is 0.383 e. The van der Waals surface area contributed by atoms with E-state index in [4.69, 9.17) is 9.47 Å². The van der Waals surface area contributed by atoms with Crippen LogP contribution in [0, 0.1) is 0 Å². The summed E-state index contributed by atoms with van der Waals surface area (Å²) in [4.78, 5) is 2.49. The van der Waals surface area contributed by atoms with Crippen LogP contribution in [0.2, 0.25) is 0 Å². The van der Waals surface area contributed by atoms with E-state index in [1.54, 1.807) is 7.11 Å². The lowest BCUT2D eigenvalue weighted by atomic mass is 10.1. The molecule has 0 spiro atoms. The number of morpholine rings is 1. The Morgan fingerprint density at radius 1 is 1.50 bits per heavy atom. The van der Waals surface area contributed by atoms with Crippen LogP contribution >= 0.6 is 0 Å². The second-order valence-corrected chi connectivity index (χ2v) is 4.31. The molecule has 1 rings (SSSR count). The van der Waals surface area contributed by atoms with Crippen LogP contribution in [-0.4, -0.2) is 63.5 Å². The fourth-order valence-corrected chi connectivity index (χ4v) is 2.12. The summed E-state index contributed by atoms with van der Waals surface area (Å²) in [5.41, 5.74) is 0. The van der Waals surface area contributed by atoms with Gasteiger partial charge in [-0.3, -0.25) is 4.90 Å². The highest BCUT2D eigenvalue weighted by molar-refractivity contribution is 4.79. The summed E-state index contributed by atoms with van der Waals surface area (Å²) >= 11 is 0. The summed E-state index contributed by atoms with van der Waals surface area (Å²) < 4.78 is 11.0. The number of hydrogen-bond donors (Lipinski definition) is 1. The van der Waals surface area contributed by atoms with E-state index in [1.165, 1.54) is 0 Å². The zero-order valence-corrected chi connectivity index (χ0v) is 10.9. The molecule has 4 nitrogen and oxygen atoms in total. The fraction of sp³-hybridized carbons (Fsp3) is 1.00. The summed E-state index contributed by atoms with van der Waals surface area (Å²) in [6, 6.07) is 0.475. The average molecular weight is 230 g/mol. The van der Waals surface area contributed by atoms with Gasteiger partial charge in [-0.2, -0.15) is 0 Å². The van der Waals surface area contributed by atoms with Gasteiger partial charge in [-0.05, 0) is 13.0 Å². The van der Waals surface area contributed by atoms with Crippen molar-refractivity contribution in [2.24, 2.45) is 0 Å². The first-order valence-corrected chi connectivity index (χ1v) is 6.37. The molecule has 1 saturated heterocycles. The van der Waals surface area contributed by atoms with Gasteiger partial charge < -0.3 is 14.8 Å². The minimum atomic E-state index is 0.398. The van der Waals surface area contributed by atoms with Crippen molar-refractivity contribution in [3.05, 3.63) is 0 Å². The quantitative estimate of drug-likeness (QED) is 0.699. The summed E-state index contributed by atoms with van der Waals surface area (Å²) in [6.45, 7) is 10.0. The van der Waals surface area contributed by atoms with E-state index in [1.807, 2.05) is 0 Å². The van der Waals surface area contributed by atoms with Crippen molar-refractivity contribution in [2.45, 2.75) is 32.4 Å². The third-order valence-electron chi connectivity index (χ3n) is 3.13. The maximum absolute atomic E-state index is 5.69. The van der Waals surface area contributed by atoms with Crippen molar-refractivity contribution in [1.29, 1.82) is 0 Å². The zero-order valence-electron chi connectivity index (χ0n) is 10.9. The molecular formula is C12H26N2O2. The first-order chi connectivity index (χ1) is 7.81. The first-order valence-electron chi connectivity index (χ1n) is 6.37. The van der Waals surface area contributed by atoms with Crippen LogP contribution in [0.4, 0.5) is 0 Å². The van der Waals surface area contributed by atoms with Gasteiger partial charge in [0.25, 0.3) is 0 Å². The maximum Gasteiger partial charge on any atom is 0.0700 e. The Labute approximate surface area is 99.3 Å². The molecule has 2 unspecified atom stereocenters. The van der Waals surface area contributed by atoms with Gasteiger partial charge >= 0.3 is 0 Å². The predicted octanol–water partition coefficient (Wildman–Crippen LogP) is 0.722. The predicted molar refractivity (Wildman–Crippen MR) is 65.8 cm³/mol. The summed E-state index contributed by atoms with van der Waals surface area (Å²) in [7, 11) is 1.77. The molecule has 1 N–H and O–H groups in total. The molecule has 0 saturated carbocycles. The normalized spacial score (nSPS) is 24.6. The van der Waals surface area contributed by atoms with Gasteiger partial charge in [0.2, 0.25) is 0 Å². The molecule has 1 heterocycles. The molecule has 4 heteroatoms. The highest BCUT2D eigenvalue weighted by atomic mass is 16.5. The van der Waals surface area contributed by atoms with E-state index in [9.17, 15) is 0 Å². The monoisotopic (exact) mass is 230 g/mol. The van der Waals surface area contributed by atoms with Crippen molar-refractivity contribution in [3.63, 3.8) is 0 Å².